The zero-order chi connectivity index (χ0) is 27.9. The van der Waals surface area contributed by atoms with E-state index in [-0.39, 0.29) is 36.1 Å². The Morgan fingerprint density at radius 3 is 2.21 bits per heavy atom. The summed E-state index contributed by atoms with van der Waals surface area (Å²) in [6.07, 6.45) is 5.21. The van der Waals surface area contributed by atoms with E-state index in [4.69, 9.17) is 24.7 Å². The first kappa shape index (κ1) is 30.9. The lowest BCUT2D eigenvalue weighted by molar-refractivity contribution is -0.128. The Kier molecular flexibility index (Phi) is 13.6. The number of likely N-dealkylation sites (tertiary alicyclic amines) is 2. The first-order valence-corrected chi connectivity index (χ1v) is 13.7. The van der Waals surface area contributed by atoms with E-state index in [1.54, 1.807) is 30.4 Å². The summed E-state index contributed by atoms with van der Waals surface area (Å²) in [4.78, 5) is 44.2. The van der Waals surface area contributed by atoms with Crippen LogP contribution in [0.3, 0.4) is 0 Å². The summed E-state index contributed by atoms with van der Waals surface area (Å²) in [5, 5.41) is 2.87. The minimum atomic E-state index is -0.451. The van der Waals surface area contributed by atoms with Gasteiger partial charge in [0.05, 0.1) is 64.8 Å². The molecule has 2 saturated heterocycles. The smallest absolute Gasteiger partial charge is 0.226 e. The molecule has 0 saturated carbocycles. The Hall–Kier alpha value is -2.64. The molecule has 0 radical (unpaired) electrons. The van der Waals surface area contributed by atoms with E-state index in [0.29, 0.717) is 59.4 Å². The van der Waals surface area contributed by atoms with Crippen LogP contribution in [0.5, 0.6) is 0 Å². The van der Waals surface area contributed by atoms with Crippen LogP contribution in [0.1, 0.15) is 30.9 Å². The van der Waals surface area contributed by atoms with Gasteiger partial charge in [0.1, 0.15) is 0 Å². The highest BCUT2D eigenvalue weighted by Gasteiger charge is 2.42. The molecular weight excluding hydrogens is 506 g/mol. The number of amides is 3. The summed E-state index contributed by atoms with van der Waals surface area (Å²) in [5.41, 5.74) is 6.21. The van der Waals surface area contributed by atoms with Crippen LogP contribution in [0.2, 0.25) is 0 Å². The van der Waals surface area contributed by atoms with Crippen molar-refractivity contribution in [2.75, 3.05) is 86.1 Å². The van der Waals surface area contributed by atoms with Crippen LogP contribution < -0.4 is 11.1 Å². The van der Waals surface area contributed by atoms with E-state index < -0.39 is 5.92 Å². The lowest BCUT2D eigenvalue weighted by Gasteiger charge is -2.30. The van der Waals surface area contributed by atoms with Crippen molar-refractivity contribution in [3.05, 3.63) is 30.1 Å². The topological polar surface area (TPSA) is 146 Å². The Morgan fingerprint density at radius 1 is 1.00 bits per heavy atom. The molecule has 0 aliphatic carbocycles. The summed E-state index contributed by atoms with van der Waals surface area (Å²) in [5.74, 6) is -0.838. The van der Waals surface area contributed by atoms with Crippen molar-refractivity contribution < 1.29 is 33.3 Å². The van der Waals surface area contributed by atoms with Crippen molar-refractivity contribution in [2.45, 2.75) is 25.3 Å². The number of aromatic nitrogens is 1. The highest BCUT2D eigenvalue weighted by molar-refractivity contribution is 5.90. The summed E-state index contributed by atoms with van der Waals surface area (Å²) in [6, 6.07) is 3.38. The number of primary amides is 1. The van der Waals surface area contributed by atoms with Crippen molar-refractivity contribution in [3.63, 3.8) is 0 Å². The second-order valence-corrected chi connectivity index (χ2v) is 9.81. The van der Waals surface area contributed by atoms with E-state index in [1.165, 1.54) is 0 Å². The summed E-state index contributed by atoms with van der Waals surface area (Å²) >= 11 is 0. The van der Waals surface area contributed by atoms with Crippen molar-refractivity contribution >= 4 is 17.7 Å². The number of nitrogens with two attached hydrogens (primary N) is 1. The molecule has 0 bridgehead atoms. The molecule has 2 aliphatic rings. The summed E-state index contributed by atoms with van der Waals surface area (Å²) in [6.45, 7) is 6.82. The molecule has 0 spiro atoms. The molecule has 12 heteroatoms. The predicted molar refractivity (Wildman–Crippen MR) is 142 cm³/mol. The van der Waals surface area contributed by atoms with Crippen LogP contribution in [-0.2, 0) is 33.3 Å². The fourth-order valence-electron chi connectivity index (χ4n) is 4.89. The molecule has 3 rings (SSSR count). The minimum absolute atomic E-state index is 0.0159. The van der Waals surface area contributed by atoms with E-state index in [1.807, 2.05) is 6.07 Å². The number of hydrogen-bond acceptors (Lipinski definition) is 9. The fraction of sp³-hybridized carbons (Fsp3) is 0.704. The second kappa shape index (κ2) is 17.1. The largest absolute Gasteiger partial charge is 0.378 e. The van der Waals surface area contributed by atoms with Crippen molar-refractivity contribution in [2.24, 2.45) is 17.6 Å². The van der Waals surface area contributed by atoms with Gasteiger partial charge in [-0.2, -0.15) is 0 Å². The SMILES string of the molecule is CN1C(=O)C[C@H](C(=O)NCCOCCOCCOCCOCCN2CCC(C(N)=O)CC2)[C@H]1c1cccnc1. The molecule has 3 amide bonds. The van der Waals surface area contributed by atoms with Gasteiger partial charge in [-0.15, -0.1) is 0 Å². The molecule has 0 aromatic carbocycles. The van der Waals surface area contributed by atoms with Gasteiger partial charge in [-0.3, -0.25) is 19.4 Å². The third-order valence-electron chi connectivity index (χ3n) is 7.15. The van der Waals surface area contributed by atoms with Crippen molar-refractivity contribution in [1.29, 1.82) is 0 Å². The molecule has 39 heavy (non-hydrogen) atoms. The van der Waals surface area contributed by atoms with Crippen molar-refractivity contribution in [3.8, 4) is 0 Å². The van der Waals surface area contributed by atoms with Crippen LogP contribution in [0.25, 0.3) is 0 Å². The monoisotopic (exact) mass is 549 g/mol. The van der Waals surface area contributed by atoms with E-state index >= 15 is 0 Å². The third-order valence-corrected chi connectivity index (χ3v) is 7.15. The van der Waals surface area contributed by atoms with Crippen LogP contribution >= 0.6 is 0 Å². The number of nitrogens with one attached hydrogen (secondary N) is 1. The number of nitrogens with zero attached hydrogens (tertiary/aromatic N) is 3. The standard InChI is InChI=1S/C27H43N5O7/c1-31-24(33)19-23(25(31)22-3-2-6-29-20-22)27(35)30-7-11-36-13-15-38-17-18-39-16-14-37-12-10-32-8-4-21(5-9-32)26(28)34/h2-3,6,20-21,23,25H,4-5,7-19H2,1H3,(H2,28,34)(H,30,35)/t23-,25+/m0/s1. The van der Waals surface area contributed by atoms with Gasteiger partial charge in [0, 0.05) is 44.9 Å². The minimum Gasteiger partial charge on any atom is -0.378 e. The number of piperidine rings is 1. The molecule has 0 unspecified atom stereocenters. The van der Waals surface area contributed by atoms with Gasteiger partial charge in [-0.25, -0.2) is 0 Å². The number of hydrogen-bond donors (Lipinski definition) is 2. The number of carbonyl (C=O) groups is 3. The Bertz CT molecular complexity index is 883. The first-order valence-electron chi connectivity index (χ1n) is 13.7. The molecule has 1 aromatic heterocycles. The lowest BCUT2D eigenvalue weighted by atomic mass is 9.94. The van der Waals surface area contributed by atoms with Crippen molar-refractivity contribution in [1.82, 2.24) is 20.1 Å². The van der Waals surface area contributed by atoms with Gasteiger partial charge in [0.25, 0.3) is 0 Å². The zero-order valence-electron chi connectivity index (χ0n) is 22.9. The van der Waals surface area contributed by atoms with E-state index in [9.17, 15) is 14.4 Å². The second-order valence-electron chi connectivity index (χ2n) is 9.81. The Morgan fingerprint density at radius 2 is 1.62 bits per heavy atom. The number of rotatable bonds is 18. The quantitative estimate of drug-likeness (QED) is 0.241. The molecule has 3 N–H and O–H groups in total. The van der Waals surface area contributed by atoms with Gasteiger partial charge >= 0.3 is 0 Å². The molecule has 2 atom stereocenters. The Labute approximate surface area is 230 Å². The maximum absolute atomic E-state index is 12.7. The molecule has 218 valence electrons. The normalized spacial score (nSPS) is 20.4. The summed E-state index contributed by atoms with van der Waals surface area (Å²) in [7, 11) is 1.72. The molecule has 2 fully saturated rings. The van der Waals surface area contributed by atoms with Gasteiger partial charge in [-0.1, -0.05) is 6.07 Å². The number of pyridine rings is 1. The fourth-order valence-corrected chi connectivity index (χ4v) is 4.89. The van der Waals surface area contributed by atoms with Crippen LogP contribution in [-0.4, -0.2) is 119 Å². The van der Waals surface area contributed by atoms with Crippen LogP contribution in [0.15, 0.2) is 24.5 Å². The molecular formula is C27H43N5O7. The van der Waals surface area contributed by atoms with Crippen LogP contribution in [0.4, 0.5) is 0 Å². The predicted octanol–water partition coefficient (Wildman–Crippen LogP) is -0.0191. The van der Waals surface area contributed by atoms with E-state index in [0.717, 1.165) is 38.0 Å². The average Bonchev–Trinajstić information content (AvgIpc) is 3.25. The first-order chi connectivity index (χ1) is 19.0. The Balaban J connectivity index is 1.11. The zero-order valence-corrected chi connectivity index (χ0v) is 22.9. The van der Waals surface area contributed by atoms with Gasteiger partial charge in [0.2, 0.25) is 17.7 Å². The molecule has 2 aliphatic heterocycles. The highest BCUT2D eigenvalue weighted by atomic mass is 16.6. The summed E-state index contributed by atoms with van der Waals surface area (Å²) < 4.78 is 22.1. The molecule has 3 heterocycles. The molecule has 1 aromatic rings. The van der Waals surface area contributed by atoms with Crippen LogP contribution in [0, 0.1) is 11.8 Å². The maximum Gasteiger partial charge on any atom is 0.226 e. The number of carbonyl (C=O) groups excluding carboxylic acids is 3. The number of ether oxygens (including phenoxy) is 4. The van der Waals surface area contributed by atoms with E-state index in [2.05, 4.69) is 15.2 Å². The van der Waals surface area contributed by atoms with Gasteiger partial charge in [-0.05, 0) is 37.6 Å². The van der Waals surface area contributed by atoms with Gasteiger partial charge in [0.15, 0.2) is 0 Å². The lowest BCUT2D eigenvalue weighted by Crippen LogP contribution is -2.40. The maximum atomic E-state index is 12.7. The molecule has 12 nitrogen and oxygen atoms in total. The highest BCUT2D eigenvalue weighted by Crippen LogP contribution is 2.36. The third kappa shape index (κ3) is 10.5. The van der Waals surface area contributed by atoms with Gasteiger partial charge < -0.3 is 39.8 Å². The average molecular weight is 550 g/mol.